The minimum absolute atomic E-state index is 0.0429. The summed E-state index contributed by atoms with van der Waals surface area (Å²) >= 11 is 0. The summed E-state index contributed by atoms with van der Waals surface area (Å²) in [5.41, 5.74) is 0.797. The maximum Gasteiger partial charge on any atom is 0.240 e. The second kappa shape index (κ2) is 6.85. The van der Waals surface area contributed by atoms with Gasteiger partial charge in [-0.15, -0.1) is 0 Å². The second-order valence-electron chi connectivity index (χ2n) is 5.71. The quantitative estimate of drug-likeness (QED) is 0.812. The van der Waals surface area contributed by atoms with Gasteiger partial charge in [-0.25, -0.2) is 17.5 Å². The van der Waals surface area contributed by atoms with Crippen molar-refractivity contribution in [1.82, 2.24) is 10.0 Å². The average Bonchev–Trinajstić information content (AvgIpc) is 2.36. The lowest BCUT2D eigenvalue weighted by Gasteiger charge is -2.25. The molecule has 0 unspecified atom stereocenters. The van der Waals surface area contributed by atoms with Crippen molar-refractivity contribution in [2.24, 2.45) is 5.92 Å². The Labute approximate surface area is 126 Å². The van der Waals surface area contributed by atoms with Crippen molar-refractivity contribution in [3.05, 3.63) is 29.1 Å². The Morgan fingerprint density at radius 1 is 1.33 bits per heavy atom. The second-order valence-corrected chi connectivity index (χ2v) is 7.45. The van der Waals surface area contributed by atoms with E-state index < -0.39 is 15.8 Å². The molecule has 1 aromatic rings. The summed E-state index contributed by atoms with van der Waals surface area (Å²) in [6, 6.07) is 2.92. The molecule has 0 atom stereocenters. The molecule has 0 heterocycles. The third-order valence-corrected chi connectivity index (χ3v) is 5.68. The van der Waals surface area contributed by atoms with Gasteiger partial charge in [0.15, 0.2) is 0 Å². The molecule has 0 aromatic heterocycles. The van der Waals surface area contributed by atoms with Crippen LogP contribution in [0.1, 0.15) is 36.8 Å². The van der Waals surface area contributed by atoms with E-state index in [0.29, 0.717) is 24.6 Å². The van der Waals surface area contributed by atoms with Gasteiger partial charge in [-0.2, -0.15) is 0 Å². The Morgan fingerprint density at radius 2 is 2.05 bits per heavy atom. The lowest BCUT2D eigenvalue weighted by Crippen LogP contribution is -2.28. The largest absolute Gasteiger partial charge is 0.316 e. The van der Waals surface area contributed by atoms with Gasteiger partial charge in [0, 0.05) is 18.7 Å². The molecule has 0 spiro atoms. The van der Waals surface area contributed by atoms with E-state index in [0.717, 1.165) is 6.42 Å². The molecule has 1 fully saturated rings. The molecule has 4 nitrogen and oxygen atoms in total. The molecule has 0 aliphatic heterocycles. The number of halogens is 1. The van der Waals surface area contributed by atoms with Gasteiger partial charge in [0.25, 0.3) is 0 Å². The van der Waals surface area contributed by atoms with Crippen molar-refractivity contribution < 1.29 is 12.8 Å². The smallest absolute Gasteiger partial charge is 0.240 e. The zero-order chi connectivity index (χ0) is 15.5. The molecular formula is C15H23FN2O2S. The highest BCUT2D eigenvalue weighted by Crippen LogP contribution is 2.29. The minimum Gasteiger partial charge on any atom is -0.316 e. The highest BCUT2D eigenvalue weighted by Gasteiger charge is 2.22. The molecule has 6 heteroatoms. The Morgan fingerprint density at radius 3 is 2.62 bits per heavy atom. The van der Waals surface area contributed by atoms with Gasteiger partial charge >= 0.3 is 0 Å². The van der Waals surface area contributed by atoms with Gasteiger partial charge in [-0.05, 0) is 44.0 Å². The van der Waals surface area contributed by atoms with Gasteiger partial charge in [0.05, 0.1) is 4.90 Å². The first kappa shape index (κ1) is 16.4. The Balaban J connectivity index is 2.13. The molecule has 118 valence electrons. The third-order valence-electron chi connectivity index (χ3n) is 4.10. The highest BCUT2D eigenvalue weighted by atomic mass is 32.2. The summed E-state index contributed by atoms with van der Waals surface area (Å²) < 4.78 is 41.2. The summed E-state index contributed by atoms with van der Waals surface area (Å²) in [4.78, 5) is 0.0429. The van der Waals surface area contributed by atoms with E-state index in [-0.39, 0.29) is 10.5 Å². The van der Waals surface area contributed by atoms with Crippen LogP contribution in [0.25, 0.3) is 0 Å². The van der Waals surface area contributed by atoms with Crippen molar-refractivity contribution in [3.63, 3.8) is 0 Å². The normalized spacial score (nSPS) is 16.0. The molecule has 2 rings (SSSR count). The van der Waals surface area contributed by atoms with Gasteiger partial charge in [0.1, 0.15) is 5.82 Å². The maximum absolute atomic E-state index is 13.9. The number of sulfonamides is 1. The number of nitrogens with one attached hydrogen (secondary N) is 2. The van der Waals surface area contributed by atoms with E-state index in [4.69, 9.17) is 0 Å². The fourth-order valence-corrected chi connectivity index (χ4v) is 3.90. The summed E-state index contributed by atoms with van der Waals surface area (Å²) in [5.74, 6) is 0.156. The van der Waals surface area contributed by atoms with Crippen LogP contribution in [0.4, 0.5) is 4.39 Å². The van der Waals surface area contributed by atoms with Crippen LogP contribution >= 0.6 is 0 Å². The molecule has 0 saturated heterocycles. The van der Waals surface area contributed by atoms with Gasteiger partial charge in [0.2, 0.25) is 10.0 Å². The molecular weight excluding hydrogens is 291 g/mol. The number of rotatable bonds is 7. The molecule has 0 amide bonds. The molecule has 1 aromatic carbocycles. The summed E-state index contributed by atoms with van der Waals surface area (Å²) in [6.07, 6.45) is 4.48. The number of benzene rings is 1. The Hall–Kier alpha value is -0.980. The zero-order valence-corrected chi connectivity index (χ0v) is 13.4. The van der Waals surface area contributed by atoms with Gasteiger partial charge in [-0.1, -0.05) is 19.3 Å². The number of hydrogen-bond acceptors (Lipinski definition) is 3. The van der Waals surface area contributed by atoms with E-state index >= 15 is 0 Å². The van der Waals surface area contributed by atoms with Gasteiger partial charge in [-0.3, -0.25) is 0 Å². The average molecular weight is 314 g/mol. The monoisotopic (exact) mass is 314 g/mol. The van der Waals surface area contributed by atoms with Crippen LogP contribution in [0.3, 0.4) is 0 Å². The van der Waals surface area contributed by atoms with Crippen LogP contribution in [-0.2, 0) is 16.6 Å². The van der Waals surface area contributed by atoms with Crippen molar-refractivity contribution in [1.29, 1.82) is 0 Å². The summed E-state index contributed by atoms with van der Waals surface area (Å²) in [5, 5.41) is 2.90. The lowest BCUT2D eigenvalue weighted by atomic mass is 9.83. The zero-order valence-electron chi connectivity index (χ0n) is 12.6. The van der Waals surface area contributed by atoms with E-state index in [9.17, 15) is 12.8 Å². The van der Waals surface area contributed by atoms with Crippen LogP contribution in [-0.4, -0.2) is 22.0 Å². The topological polar surface area (TPSA) is 58.2 Å². The van der Waals surface area contributed by atoms with Crippen molar-refractivity contribution in [2.45, 2.75) is 44.0 Å². The SMILES string of the molecule is CNCc1cc(F)c(C)c(S(=O)(=O)NCCC2CCC2)c1. The Bertz CT molecular complexity index is 598. The van der Waals surface area contributed by atoms with Crippen LogP contribution < -0.4 is 10.0 Å². The first-order valence-corrected chi connectivity index (χ1v) is 8.85. The van der Waals surface area contributed by atoms with E-state index in [1.54, 1.807) is 13.1 Å². The van der Waals surface area contributed by atoms with Crippen LogP contribution in [0.5, 0.6) is 0 Å². The fourth-order valence-electron chi connectivity index (χ4n) is 2.55. The van der Waals surface area contributed by atoms with Crippen LogP contribution in [0.2, 0.25) is 0 Å². The highest BCUT2D eigenvalue weighted by molar-refractivity contribution is 7.89. The minimum atomic E-state index is -3.65. The van der Waals surface area contributed by atoms with Crippen molar-refractivity contribution in [2.75, 3.05) is 13.6 Å². The van der Waals surface area contributed by atoms with E-state index in [1.165, 1.54) is 32.3 Å². The molecule has 1 saturated carbocycles. The lowest BCUT2D eigenvalue weighted by molar-refractivity contribution is 0.297. The summed E-state index contributed by atoms with van der Waals surface area (Å²) in [6.45, 7) is 2.35. The maximum atomic E-state index is 13.9. The first-order valence-electron chi connectivity index (χ1n) is 7.37. The predicted molar refractivity (Wildman–Crippen MR) is 81.0 cm³/mol. The van der Waals surface area contributed by atoms with E-state index in [2.05, 4.69) is 10.0 Å². The first-order chi connectivity index (χ1) is 9.94. The summed E-state index contributed by atoms with van der Waals surface area (Å²) in [7, 11) is -1.91. The Kier molecular flexibility index (Phi) is 5.35. The van der Waals surface area contributed by atoms with E-state index in [1.807, 2.05) is 0 Å². The molecule has 0 radical (unpaired) electrons. The standard InChI is InChI=1S/C15H23FN2O2S/c1-11-14(16)8-13(10-17-2)9-15(11)21(19,20)18-7-6-12-4-3-5-12/h8-9,12,17-18H,3-7,10H2,1-2H3. The third kappa shape index (κ3) is 4.02. The molecule has 1 aliphatic rings. The number of hydrogen-bond donors (Lipinski definition) is 2. The van der Waals surface area contributed by atoms with Crippen molar-refractivity contribution >= 4 is 10.0 Å². The van der Waals surface area contributed by atoms with Crippen molar-refractivity contribution in [3.8, 4) is 0 Å². The molecule has 21 heavy (non-hydrogen) atoms. The van der Waals surface area contributed by atoms with Crippen LogP contribution in [0.15, 0.2) is 17.0 Å². The van der Waals surface area contributed by atoms with Gasteiger partial charge < -0.3 is 5.32 Å². The van der Waals surface area contributed by atoms with Crippen LogP contribution in [0, 0.1) is 18.7 Å². The molecule has 1 aliphatic carbocycles. The predicted octanol–water partition coefficient (Wildman–Crippen LogP) is 2.32. The molecule has 0 bridgehead atoms. The fraction of sp³-hybridized carbons (Fsp3) is 0.600. The molecule has 2 N–H and O–H groups in total.